The van der Waals surface area contributed by atoms with Crippen LogP contribution in [0.4, 0.5) is 22.7 Å². The predicted molar refractivity (Wildman–Crippen MR) is 293 cm³/mol. The summed E-state index contributed by atoms with van der Waals surface area (Å²) >= 11 is 0. The van der Waals surface area contributed by atoms with E-state index in [0.717, 1.165) is 29.9 Å². The molecule has 0 radical (unpaired) electrons. The van der Waals surface area contributed by atoms with Crippen LogP contribution >= 0.6 is 0 Å². The molecule has 328 valence electrons. The maximum atomic E-state index is 7.24. The number of aromatic nitrogens is 1. The summed E-state index contributed by atoms with van der Waals surface area (Å²) in [6.45, 7) is 13.9. The molecule has 0 fully saturated rings. The van der Waals surface area contributed by atoms with Gasteiger partial charge in [0, 0.05) is 50.1 Å². The van der Waals surface area contributed by atoms with Crippen LogP contribution in [0.5, 0.6) is 0 Å². The summed E-state index contributed by atoms with van der Waals surface area (Å²) < 4.78 is 2.70. The van der Waals surface area contributed by atoms with E-state index in [1.807, 2.05) is 0 Å². The molecule has 11 aromatic rings. The molecule has 0 amide bonds. The highest BCUT2D eigenvalue weighted by Gasteiger charge is 2.44. The van der Waals surface area contributed by atoms with Gasteiger partial charge < -0.3 is 15.1 Å². The number of anilines is 4. The van der Waals surface area contributed by atoms with E-state index in [1.54, 1.807) is 0 Å². The Hall–Kier alpha value is -7.56. The molecule has 0 saturated heterocycles. The molecular weight excluding hydrogens is 822 g/mol. The van der Waals surface area contributed by atoms with E-state index in [2.05, 4.69) is 233 Å². The molecule has 68 heavy (non-hydrogen) atoms. The van der Waals surface area contributed by atoms with Crippen LogP contribution in [0.15, 0.2) is 182 Å². The van der Waals surface area contributed by atoms with Gasteiger partial charge >= 0.3 is 6.85 Å². The van der Waals surface area contributed by atoms with E-state index < -0.39 is 0 Å². The van der Waals surface area contributed by atoms with Crippen molar-refractivity contribution in [3.63, 3.8) is 0 Å². The molecule has 0 atom stereocenters. The van der Waals surface area contributed by atoms with Crippen molar-refractivity contribution in [3.05, 3.63) is 215 Å². The van der Waals surface area contributed by atoms with Gasteiger partial charge in [-0.2, -0.15) is 0 Å². The molecule has 13 rings (SSSR count). The summed E-state index contributed by atoms with van der Waals surface area (Å²) in [5.41, 5.74) is 26.9. The van der Waals surface area contributed by atoms with Crippen LogP contribution in [0.1, 0.15) is 74.9 Å². The second kappa shape index (κ2) is 14.7. The molecule has 0 saturated carbocycles. The average molecular weight is 876 g/mol. The number of nitrogens with zero attached hydrogens (tertiary/aromatic N) is 2. The molecule has 2 aliphatic heterocycles. The Morgan fingerprint density at radius 2 is 1.01 bits per heavy atom. The third-order valence-corrected chi connectivity index (χ3v) is 15.2. The van der Waals surface area contributed by atoms with E-state index in [-0.39, 0.29) is 17.7 Å². The predicted octanol–water partition coefficient (Wildman–Crippen LogP) is 15.0. The van der Waals surface area contributed by atoms with Crippen LogP contribution in [0, 0.1) is 0 Å². The van der Waals surface area contributed by atoms with Gasteiger partial charge in [0.2, 0.25) is 0 Å². The Bertz CT molecular complexity index is 3850. The zero-order valence-electron chi connectivity index (χ0n) is 39.8. The van der Waals surface area contributed by atoms with Gasteiger partial charge in [-0.15, -0.1) is 0 Å². The third kappa shape index (κ3) is 6.13. The van der Waals surface area contributed by atoms with Gasteiger partial charge in [-0.3, -0.25) is 0 Å². The van der Waals surface area contributed by atoms with Crippen molar-refractivity contribution in [2.75, 3.05) is 10.6 Å². The first kappa shape index (κ1) is 40.7. The number of rotatable bonds is 5. The molecule has 3 heterocycles. The van der Waals surface area contributed by atoms with Crippen LogP contribution in [0.25, 0.3) is 65.3 Å². The fraction of sp³-hybridized carbons (Fsp3) is 0.156. The van der Waals surface area contributed by atoms with Crippen LogP contribution in [0.3, 0.4) is 0 Å². The normalized spacial score (nSPS) is 13.3. The maximum absolute atomic E-state index is 7.24. The highest BCUT2D eigenvalue weighted by atomic mass is 15.2. The van der Waals surface area contributed by atoms with Crippen LogP contribution in [-0.4, -0.2) is 11.3 Å². The van der Waals surface area contributed by atoms with Gasteiger partial charge in [-0.1, -0.05) is 181 Å². The van der Waals surface area contributed by atoms with Crippen LogP contribution < -0.4 is 21.6 Å². The summed E-state index contributed by atoms with van der Waals surface area (Å²) in [6, 6.07) is 68.8. The minimum absolute atomic E-state index is 0.0839. The fourth-order valence-corrected chi connectivity index (χ4v) is 11.9. The number of benzene rings is 10. The zero-order valence-corrected chi connectivity index (χ0v) is 39.8. The minimum atomic E-state index is -0.131. The highest BCUT2D eigenvalue weighted by molar-refractivity contribution is 6.90. The van der Waals surface area contributed by atoms with Gasteiger partial charge in [0.25, 0.3) is 0 Å². The fourth-order valence-electron chi connectivity index (χ4n) is 11.9. The van der Waals surface area contributed by atoms with Crippen molar-refractivity contribution in [2.45, 2.75) is 65.2 Å². The van der Waals surface area contributed by atoms with E-state index in [4.69, 9.17) is 5.73 Å². The lowest BCUT2D eigenvalue weighted by molar-refractivity contribution is 0.569. The Balaban J connectivity index is 1.23. The van der Waals surface area contributed by atoms with Crippen LogP contribution in [0.2, 0.25) is 0 Å². The number of nitrogen functional groups attached to an aromatic ring is 1. The second-order valence-corrected chi connectivity index (χ2v) is 21.5. The van der Waals surface area contributed by atoms with Crippen molar-refractivity contribution in [3.8, 4) is 11.1 Å². The summed E-state index contributed by atoms with van der Waals surface area (Å²) in [5.74, 6) is 0. The number of para-hydroxylation sites is 1. The lowest BCUT2D eigenvalue weighted by Gasteiger charge is -2.42. The molecule has 1 aromatic heterocycles. The largest absolute Gasteiger partial charge is 0.399 e. The Morgan fingerprint density at radius 3 is 1.63 bits per heavy atom. The highest BCUT2D eigenvalue weighted by Crippen LogP contribution is 2.50. The summed E-state index contributed by atoms with van der Waals surface area (Å²) in [6.07, 6.45) is 1.64. The van der Waals surface area contributed by atoms with Crippen molar-refractivity contribution >= 4 is 94.6 Å². The molecule has 3 nitrogen and oxygen atoms in total. The number of fused-ring (bicyclic) bond motifs is 11. The third-order valence-electron chi connectivity index (χ3n) is 15.2. The molecule has 2 aliphatic rings. The van der Waals surface area contributed by atoms with Crippen molar-refractivity contribution in [1.29, 1.82) is 0 Å². The number of hydrogen-bond acceptors (Lipinski definition) is 2. The van der Waals surface area contributed by atoms with Crippen LogP contribution in [-0.2, 0) is 23.7 Å². The van der Waals surface area contributed by atoms with E-state index in [0.29, 0.717) is 0 Å². The van der Waals surface area contributed by atoms with E-state index in [9.17, 15) is 0 Å². The van der Waals surface area contributed by atoms with Crippen molar-refractivity contribution in [2.24, 2.45) is 0 Å². The Morgan fingerprint density at radius 1 is 0.471 bits per heavy atom. The lowest BCUT2D eigenvalue weighted by atomic mass is 9.45. The van der Waals surface area contributed by atoms with Crippen molar-refractivity contribution in [1.82, 2.24) is 4.48 Å². The molecule has 0 unspecified atom stereocenters. The summed E-state index contributed by atoms with van der Waals surface area (Å²) in [5, 5.41) is 10.3. The summed E-state index contributed by atoms with van der Waals surface area (Å²) in [7, 11) is 0. The molecule has 0 spiro atoms. The average Bonchev–Trinajstić information content (AvgIpc) is 3.69. The number of nitrogens with two attached hydrogens (primary N) is 1. The van der Waals surface area contributed by atoms with Gasteiger partial charge in [-0.05, 0) is 148 Å². The second-order valence-electron chi connectivity index (χ2n) is 21.5. The van der Waals surface area contributed by atoms with Gasteiger partial charge in [0.1, 0.15) is 0 Å². The first-order chi connectivity index (χ1) is 32.9. The van der Waals surface area contributed by atoms with Gasteiger partial charge in [-0.25, -0.2) is 0 Å². The molecule has 0 aliphatic carbocycles. The summed E-state index contributed by atoms with van der Waals surface area (Å²) in [4.78, 5) is 2.60. The standard InChI is InChI=1S/C64H54BN3/c1-63(2,3)42-32-43(64(4,5)6)34-45(33-42)67-58-38-53-51(30-40-21-11-8-12-22-40)48-26-16-15-25-47(48)50(29-39-19-9-7-10-20-39)52(53)37-56(58)65-61-54(35-44(66)36-59(61)67)55-31-41-23-13-14-24-46(41)60-49-27-17-18-28-57(49)68(65)62(55)60/h7-28,31-38H,29-30,66H2,1-6H3. The maximum Gasteiger partial charge on any atom is 0.333 e. The topological polar surface area (TPSA) is 34.2 Å². The van der Waals surface area contributed by atoms with E-state index in [1.165, 1.54) is 115 Å². The monoisotopic (exact) mass is 875 g/mol. The molecule has 2 N–H and O–H groups in total. The smallest absolute Gasteiger partial charge is 0.333 e. The molecular formula is C64H54BN3. The Labute approximate surface area is 399 Å². The van der Waals surface area contributed by atoms with E-state index >= 15 is 0 Å². The SMILES string of the molecule is CC(C)(C)c1cc(N2c3cc4c(Cc5ccccc5)c5ccccc5c(Cc5ccccc5)c4cc3B3c4c(cc(N)cc42)-c2cc4ccccc4c4c5ccccc5n3c24)cc(C(C)(C)C)c1. The molecule has 10 aromatic carbocycles. The first-order valence-corrected chi connectivity index (χ1v) is 24.3. The molecule has 4 heteroatoms. The lowest BCUT2D eigenvalue weighted by Crippen LogP contribution is -2.56. The Kier molecular flexibility index (Phi) is 8.81. The zero-order chi connectivity index (χ0) is 46.2. The quantitative estimate of drug-likeness (QED) is 0.106. The minimum Gasteiger partial charge on any atom is -0.399 e. The van der Waals surface area contributed by atoms with Crippen molar-refractivity contribution < 1.29 is 0 Å². The number of hydrogen-bond donors (Lipinski definition) is 1. The van der Waals surface area contributed by atoms with Gasteiger partial charge in [0.05, 0.1) is 0 Å². The molecule has 0 bridgehead atoms. The first-order valence-electron chi connectivity index (χ1n) is 24.3. The van der Waals surface area contributed by atoms with Gasteiger partial charge in [0.15, 0.2) is 0 Å².